The van der Waals surface area contributed by atoms with E-state index in [9.17, 15) is 0 Å². The fourth-order valence-corrected chi connectivity index (χ4v) is 2.11. The number of hydrogen-bond acceptors (Lipinski definition) is 2. The predicted molar refractivity (Wildman–Crippen MR) is 69.5 cm³/mol. The van der Waals surface area contributed by atoms with Crippen LogP contribution in [-0.2, 0) is 0 Å². The van der Waals surface area contributed by atoms with Crippen molar-refractivity contribution in [1.29, 1.82) is 0 Å². The van der Waals surface area contributed by atoms with Crippen LogP contribution in [0.5, 0.6) is 0 Å². The summed E-state index contributed by atoms with van der Waals surface area (Å²) in [6.07, 6.45) is 7.39. The summed E-state index contributed by atoms with van der Waals surface area (Å²) in [7, 11) is 1.76. The van der Waals surface area contributed by atoms with Crippen molar-refractivity contribution < 1.29 is 0 Å². The van der Waals surface area contributed by atoms with Crippen LogP contribution < -0.4 is 0 Å². The SMILES string of the molecule is C=CC1=C(/C=N\C)C(=C)c2c(C)cncc21. The van der Waals surface area contributed by atoms with Crippen molar-refractivity contribution in [1.82, 2.24) is 4.98 Å². The molecule has 16 heavy (non-hydrogen) atoms. The number of nitrogens with zero attached hydrogens (tertiary/aromatic N) is 2. The minimum absolute atomic E-state index is 1.01. The van der Waals surface area contributed by atoms with Crippen LogP contribution in [0.4, 0.5) is 0 Å². The molecule has 0 radical (unpaired) electrons. The summed E-state index contributed by atoms with van der Waals surface area (Å²) in [5.74, 6) is 0. The minimum Gasteiger partial charge on any atom is -0.296 e. The molecule has 0 saturated heterocycles. The minimum atomic E-state index is 1.01. The Morgan fingerprint density at radius 1 is 1.31 bits per heavy atom. The normalized spacial score (nSPS) is 14.8. The Labute approximate surface area is 95.8 Å². The molecule has 0 spiro atoms. The van der Waals surface area contributed by atoms with Gasteiger partial charge in [0.2, 0.25) is 0 Å². The molecule has 0 bridgehead atoms. The summed E-state index contributed by atoms with van der Waals surface area (Å²) in [6.45, 7) is 10.0. The Kier molecular flexibility index (Phi) is 2.57. The maximum atomic E-state index is 4.22. The zero-order valence-electron chi connectivity index (χ0n) is 9.62. The Morgan fingerprint density at radius 2 is 2.06 bits per heavy atom. The highest BCUT2D eigenvalue weighted by atomic mass is 14.7. The monoisotopic (exact) mass is 210 g/mol. The molecule has 1 aliphatic carbocycles. The standard InChI is InChI=1S/C14H14N2/c1-5-11-12(7-15-4)10(3)14-9(2)6-16-8-13(11)14/h5-8H,1,3H2,2,4H3/b15-7-. The van der Waals surface area contributed by atoms with Gasteiger partial charge in [0.25, 0.3) is 0 Å². The van der Waals surface area contributed by atoms with Crippen molar-refractivity contribution in [3.63, 3.8) is 0 Å². The molecule has 2 heteroatoms. The lowest BCUT2D eigenvalue weighted by Gasteiger charge is -2.04. The summed E-state index contributed by atoms with van der Waals surface area (Å²) in [6, 6.07) is 0. The van der Waals surface area contributed by atoms with Crippen LogP contribution in [0.3, 0.4) is 0 Å². The summed E-state index contributed by atoms with van der Waals surface area (Å²) >= 11 is 0. The highest BCUT2D eigenvalue weighted by Gasteiger charge is 2.23. The summed E-state index contributed by atoms with van der Waals surface area (Å²) in [4.78, 5) is 8.28. The second-order valence-electron chi connectivity index (χ2n) is 3.78. The van der Waals surface area contributed by atoms with Crippen LogP contribution in [0, 0.1) is 6.92 Å². The number of rotatable bonds is 2. The first-order valence-electron chi connectivity index (χ1n) is 5.14. The lowest BCUT2D eigenvalue weighted by atomic mass is 10.0. The van der Waals surface area contributed by atoms with Gasteiger partial charge in [0, 0.05) is 36.8 Å². The van der Waals surface area contributed by atoms with E-state index in [1.807, 2.05) is 31.6 Å². The Balaban J connectivity index is 2.74. The van der Waals surface area contributed by atoms with Gasteiger partial charge < -0.3 is 0 Å². The van der Waals surface area contributed by atoms with E-state index in [0.29, 0.717) is 0 Å². The molecule has 0 amide bonds. The third kappa shape index (κ3) is 1.34. The van der Waals surface area contributed by atoms with Crippen molar-refractivity contribution in [2.24, 2.45) is 4.99 Å². The van der Waals surface area contributed by atoms with Gasteiger partial charge >= 0.3 is 0 Å². The van der Waals surface area contributed by atoms with E-state index in [2.05, 4.69) is 23.1 Å². The van der Waals surface area contributed by atoms with Crippen LogP contribution in [0.1, 0.15) is 16.7 Å². The van der Waals surface area contributed by atoms with Crippen molar-refractivity contribution in [3.8, 4) is 0 Å². The number of pyridine rings is 1. The van der Waals surface area contributed by atoms with Crippen LogP contribution >= 0.6 is 0 Å². The maximum Gasteiger partial charge on any atom is 0.0353 e. The Hall–Kier alpha value is -1.96. The van der Waals surface area contributed by atoms with E-state index in [-0.39, 0.29) is 0 Å². The first-order chi connectivity index (χ1) is 7.70. The fourth-order valence-electron chi connectivity index (χ4n) is 2.11. The van der Waals surface area contributed by atoms with E-state index in [1.54, 1.807) is 7.05 Å². The Bertz CT molecular complexity index is 534. The largest absolute Gasteiger partial charge is 0.296 e. The average molecular weight is 210 g/mol. The van der Waals surface area contributed by atoms with E-state index < -0.39 is 0 Å². The smallest absolute Gasteiger partial charge is 0.0353 e. The molecule has 0 fully saturated rings. The van der Waals surface area contributed by atoms with Gasteiger partial charge in [-0.3, -0.25) is 9.98 Å². The van der Waals surface area contributed by atoms with E-state index in [1.165, 1.54) is 5.56 Å². The van der Waals surface area contributed by atoms with Crippen molar-refractivity contribution in [2.45, 2.75) is 6.92 Å². The lowest BCUT2D eigenvalue weighted by molar-refractivity contribution is 1.24. The molecule has 1 aromatic rings. The molecule has 2 rings (SSSR count). The zero-order valence-corrected chi connectivity index (χ0v) is 9.62. The molecule has 80 valence electrons. The molecule has 1 aromatic heterocycles. The van der Waals surface area contributed by atoms with Gasteiger partial charge in [0.15, 0.2) is 0 Å². The second-order valence-corrected chi connectivity index (χ2v) is 3.78. The van der Waals surface area contributed by atoms with Crippen LogP contribution in [0.15, 0.2) is 42.2 Å². The van der Waals surface area contributed by atoms with Gasteiger partial charge in [0.05, 0.1) is 0 Å². The highest BCUT2D eigenvalue weighted by molar-refractivity contribution is 6.16. The molecular weight excluding hydrogens is 196 g/mol. The van der Waals surface area contributed by atoms with Gasteiger partial charge in [-0.25, -0.2) is 0 Å². The summed E-state index contributed by atoms with van der Waals surface area (Å²) < 4.78 is 0. The number of aliphatic imine (C=N–C) groups is 1. The van der Waals surface area contributed by atoms with Crippen molar-refractivity contribution in [3.05, 3.63) is 53.9 Å². The average Bonchev–Trinajstić information content (AvgIpc) is 2.54. The van der Waals surface area contributed by atoms with E-state index >= 15 is 0 Å². The van der Waals surface area contributed by atoms with E-state index in [0.717, 1.165) is 27.8 Å². The first kappa shape index (κ1) is 10.6. The maximum absolute atomic E-state index is 4.22. The fraction of sp³-hybridized carbons (Fsp3) is 0.143. The third-order valence-electron chi connectivity index (χ3n) is 2.81. The van der Waals surface area contributed by atoms with Crippen molar-refractivity contribution >= 4 is 17.4 Å². The van der Waals surface area contributed by atoms with Gasteiger partial charge in [-0.2, -0.15) is 0 Å². The quantitative estimate of drug-likeness (QED) is 0.689. The van der Waals surface area contributed by atoms with Crippen LogP contribution in [0.2, 0.25) is 0 Å². The van der Waals surface area contributed by atoms with Crippen LogP contribution in [-0.4, -0.2) is 18.2 Å². The topological polar surface area (TPSA) is 25.2 Å². The molecule has 0 aromatic carbocycles. The number of aromatic nitrogens is 1. The van der Waals surface area contributed by atoms with Crippen LogP contribution in [0.25, 0.3) is 11.1 Å². The summed E-state index contributed by atoms with van der Waals surface area (Å²) in [5, 5.41) is 0. The molecule has 0 atom stereocenters. The zero-order chi connectivity index (χ0) is 11.7. The van der Waals surface area contributed by atoms with Gasteiger partial charge in [-0.1, -0.05) is 19.2 Å². The Morgan fingerprint density at radius 3 is 2.69 bits per heavy atom. The first-order valence-corrected chi connectivity index (χ1v) is 5.14. The molecule has 2 nitrogen and oxygen atoms in total. The predicted octanol–water partition coefficient (Wildman–Crippen LogP) is 3.06. The molecule has 0 aliphatic heterocycles. The molecule has 0 unspecified atom stereocenters. The van der Waals surface area contributed by atoms with Gasteiger partial charge in [0.1, 0.15) is 0 Å². The van der Waals surface area contributed by atoms with E-state index in [4.69, 9.17) is 0 Å². The lowest BCUT2D eigenvalue weighted by Crippen LogP contribution is -1.89. The van der Waals surface area contributed by atoms with Gasteiger partial charge in [-0.05, 0) is 29.2 Å². The number of allylic oxidation sites excluding steroid dienone is 4. The van der Waals surface area contributed by atoms with Gasteiger partial charge in [-0.15, -0.1) is 0 Å². The highest BCUT2D eigenvalue weighted by Crippen LogP contribution is 2.40. The molecule has 0 N–H and O–H groups in total. The number of aryl methyl sites for hydroxylation is 1. The molecule has 0 saturated carbocycles. The third-order valence-corrected chi connectivity index (χ3v) is 2.81. The number of hydrogen-bond donors (Lipinski definition) is 0. The van der Waals surface area contributed by atoms with Crippen molar-refractivity contribution in [2.75, 3.05) is 7.05 Å². The number of fused-ring (bicyclic) bond motifs is 1. The second kappa shape index (κ2) is 3.89. The molecule has 1 heterocycles. The summed E-state index contributed by atoms with van der Waals surface area (Å²) in [5.41, 5.74) is 6.54. The molecular formula is C14H14N2. The molecule has 1 aliphatic rings.